The van der Waals surface area contributed by atoms with Gasteiger partial charge in [0, 0.05) is 16.8 Å². The maximum absolute atomic E-state index is 12.8. The Morgan fingerprint density at radius 3 is 2.59 bits per heavy atom. The standard InChI is InChI=1S/C21H21ClN4O/c22-19-6-4-5-17(13-19)15-24-9-11-25(12-10-24)21(27)18-14-23-26(16-18)20-7-2-1-3-8-20/h1-8,13-14,16H,9-12,15H2/p+1. The summed E-state index contributed by atoms with van der Waals surface area (Å²) in [5.74, 6) is 0.0546. The van der Waals surface area contributed by atoms with Crippen LogP contribution in [0.5, 0.6) is 0 Å². The molecule has 5 nitrogen and oxygen atoms in total. The van der Waals surface area contributed by atoms with Gasteiger partial charge < -0.3 is 9.80 Å². The molecule has 3 aromatic rings. The third-order valence-electron chi connectivity index (χ3n) is 4.95. The summed E-state index contributed by atoms with van der Waals surface area (Å²) in [5, 5.41) is 5.11. The van der Waals surface area contributed by atoms with Crippen molar-refractivity contribution in [2.75, 3.05) is 26.2 Å². The number of nitrogens with zero attached hydrogens (tertiary/aromatic N) is 3. The predicted molar refractivity (Wildman–Crippen MR) is 105 cm³/mol. The summed E-state index contributed by atoms with van der Waals surface area (Å²) in [7, 11) is 0. The Hall–Kier alpha value is -2.63. The fourth-order valence-corrected chi connectivity index (χ4v) is 3.69. The summed E-state index contributed by atoms with van der Waals surface area (Å²) >= 11 is 6.07. The smallest absolute Gasteiger partial charge is 0.257 e. The molecule has 0 unspecified atom stereocenters. The second-order valence-corrected chi connectivity index (χ2v) is 7.29. The van der Waals surface area contributed by atoms with Gasteiger partial charge in [-0.15, -0.1) is 0 Å². The molecule has 27 heavy (non-hydrogen) atoms. The first kappa shape index (κ1) is 17.8. The van der Waals surface area contributed by atoms with Gasteiger partial charge in [-0.3, -0.25) is 4.79 Å². The third-order valence-corrected chi connectivity index (χ3v) is 5.19. The van der Waals surface area contributed by atoms with Gasteiger partial charge in [0.2, 0.25) is 0 Å². The molecule has 0 saturated carbocycles. The van der Waals surface area contributed by atoms with Gasteiger partial charge in [0.1, 0.15) is 6.54 Å². The molecule has 0 radical (unpaired) electrons. The van der Waals surface area contributed by atoms with Crippen LogP contribution in [-0.2, 0) is 6.54 Å². The molecular formula is C21H22ClN4O+. The van der Waals surface area contributed by atoms with Gasteiger partial charge in [0.05, 0.1) is 43.6 Å². The van der Waals surface area contributed by atoms with Crippen LogP contribution in [0.4, 0.5) is 0 Å². The summed E-state index contributed by atoms with van der Waals surface area (Å²) in [6.45, 7) is 4.32. The first-order valence-electron chi connectivity index (χ1n) is 9.16. The molecule has 4 rings (SSSR count). The number of nitrogens with one attached hydrogen (secondary N) is 1. The number of carbonyl (C=O) groups excluding carboxylic acids is 1. The highest BCUT2D eigenvalue weighted by Gasteiger charge is 2.25. The zero-order valence-electron chi connectivity index (χ0n) is 15.0. The summed E-state index contributed by atoms with van der Waals surface area (Å²) < 4.78 is 1.74. The van der Waals surface area contributed by atoms with Crippen LogP contribution in [0.2, 0.25) is 5.02 Å². The van der Waals surface area contributed by atoms with Crippen molar-refractivity contribution in [1.82, 2.24) is 14.7 Å². The second-order valence-electron chi connectivity index (χ2n) is 6.86. The molecule has 1 aliphatic rings. The number of piperazine rings is 1. The molecule has 2 heterocycles. The van der Waals surface area contributed by atoms with E-state index in [-0.39, 0.29) is 5.91 Å². The molecule has 138 valence electrons. The zero-order valence-corrected chi connectivity index (χ0v) is 15.8. The van der Waals surface area contributed by atoms with Crippen molar-refractivity contribution in [2.45, 2.75) is 6.54 Å². The Morgan fingerprint density at radius 2 is 1.85 bits per heavy atom. The maximum Gasteiger partial charge on any atom is 0.257 e. The lowest BCUT2D eigenvalue weighted by molar-refractivity contribution is -0.917. The molecular weight excluding hydrogens is 360 g/mol. The summed E-state index contributed by atoms with van der Waals surface area (Å²) in [6.07, 6.45) is 3.46. The number of halogens is 1. The van der Waals surface area contributed by atoms with Crippen molar-refractivity contribution in [3.05, 3.63) is 83.1 Å². The molecule has 1 N–H and O–H groups in total. The van der Waals surface area contributed by atoms with Gasteiger partial charge in [-0.25, -0.2) is 4.68 Å². The minimum atomic E-state index is 0.0546. The molecule has 1 amide bonds. The number of hydrogen-bond acceptors (Lipinski definition) is 2. The fraction of sp³-hybridized carbons (Fsp3) is 0.238. The lowest BCUT2D eigenvalue weighted by Gasteiger charge is -2.32. The summed E-state index contributed by atoms with van der Waals surface area (Å²) in [4.78, 5) is 16.2. The van der Waals surface area contributed by atoms with E-state index in [0.29, 0.717) is 5.56 Å². The Balaban J connectivity index is 1.35. The third kappa shape index (κ3) is 4.21. The van der Waals surface area contributed by atoms with Gasteiger partial charge >= 0.3 is 0 Å². The molecule has 0 spiro atoms. The van der Waals surface area contributed by atoms with Gasteiger partial charge in [-0.05, 0) is 24.3 Å². The highest BCUT2D eigenvalue weighted by Crippen LogP contribution is 2.11. The van der Waals surface area contributed by atoms with Crippen LogP contribution >= 0.6 is 11.6 Å². The Labute approximate surface area is 163 Å². The number of aromatic nitrogens is 2. The van der Waals surface area contributed by atoms with Crippen LogP contribution < -0.4 is 4.90 Å². The average Bonchev–Trinajstić information content (AvgIpc) is 3.19. The number of quaternary nitrogens is 1. The normalized spacial score (nSPS) is 15.1. The van der Waals surface area contributed by atoms with Crippen molar-refractivity contribution in [3.63, 3.8) is 0 Å². The minimum absolute atomic E-state index is 0.0546. The van der Waals surface area contributed by atoms with Crippen molar-refractivity contribution >= 4 is 17.5 Å². The van der Waals surface area contributed by atoms with Crippen molar-refractivity contribution in [1.29, 1.82) is 0 Å². The van der Waals surface area contributed by atoms with Crippen LogP contribution in [0.1, 0.15) is 15.9 Å². The molecule has 1 aromatic heterocycles. The van der Waals surface area contributed by atoms with Crippen LogP contribution in [0.15, 0.2) is 67.0 Å². The molecule has 1 saturated heterocycles. The Morgan fingerprint density at radius 1 is 1.07 bits per heavy atom. The van der Waals surface area contributed by atoms with E-state index in [9.17, 15) is 4.79 Å². The Kier molecular flexibility index (Phi) is 5.23. The average molecular weight is 382 g/mol. The number of benzene rings is 2. The van der Waals surface area contributed by atoms with E-state index < -0.39 is 0 Å². The van der Waals surface area contributed by atoms with E-state index in [2.05, 4.69) is 11.2 Å². The van der Waals surface area contributed by atoms with Gasteiger partial charge in [0.15, 0.2) is 0 Å². The predicted octanol–water partition coefficient (Wildman–Crippen LogP) is 2.07. The monoisotopic (exact) mass is 381 g/mol. The van der Waals surface area contributed by atoms with Crippen LogP contribution in [0, 0.1) is 0 Å². The first-order valence-corrected chi connectivity index (χ1v) is 9.54. The van der Waals surface area contributed by atoms with E-state index in [1.165, 1.54) is 10.5 Å². The molecule has 0 atom stereocenters. The number of rotatable bonds is 4. The van der Waals surface area contributed by atoms with Crippen molar-refractivity contribution in [2.24, 2.45) is 0 Å². The number of para-hydroxylation sites is 1. The molecule has 6 heteroatoms. The first-order chi connectivity index (χ1) is 13.2. The summed E-state index contributed by atoms with van der Waals surface area (Å²) in [5.41, 5.74) is 2.82. The Bertz CT molecular complexity index is 917. The van der Waals surface area contributed by atoms with Gasteiger partial charge in [0.25, 0.3) is 5.91 Å². The zero-order chi connectivity index (χ0) is 18.6. The SMILES string of the molecule is O=C(c1cnn(-c2ccccc2)c1)N1CC[NH+](Cc2cccc(Cl)c2)CC1. The fourth-order valence-electron chi connectivity index (χ4n) is 3.48. The van der Waals surface area contributed by atoms with Crippen molar-refractivity contribution in [3.8, 4) is 5.69 Å². The maximum atomic E-state index is 12.8. The second kappa shape index (κ2) is 7.94. The lowest BCUT2D eigenvalue weighted by atomic mass is 10.2. The van der Waals surface area contributed by atoms with Crippen LogP contribution in [-0.4, -0.2) is 46.8 Å². The topological polar surface area (TPSA) is 42.6 Å². The highest BCUT2D eigenvalue weighted by molar-refractivity contribution is 6.30. The molecule has 1 fully saturated rings. The van der Waals surface area contributed by atoms with E-state index in [1.807, 2.05) is 59.6 Å². The number of hydrogen-bond donors (Lipinski definition) is 1. The molecule has 1 aliphatic heterocycles. The molecule has 0 bridgehead atoms. The quantitative estimate of drug-likeness (QED) is 0.751. The van der Waals surface area contributed by atoms with E-state index in [1.54, 1.807) is 10.9 Å². The largest absolute Gasteiger partial charge is 0.328 e. The van der Waals surface area contributed by atoms with E-state index in [4.69, 9.17) is 11.6 Å². The molecule has 0 aliphatic carbocycles. The lowest BCUT2D eigenvalue weighted by Crippen LogP contribution is -3.13. The summed E-state index contributed by atoms with van der Waals surface area (Å²) in [6, 6.07) is 17.8. The minimum Gasteiger partial charge on any atom is -0.328 e. The van der Waals surface area contributed by atoms with Gasteiger partial charge in [-0.2, -0.15) is 5.10 Å². The van der Waals surface area contributed by atoms with Gasteiger partial charge in [-0.1, -0.05) is 41.9 Å². The van der Waals surface area contributed by atoms with Crippen LogP contribution in [0.3, 0.4) is 0 Å². The number of amides is 1. The van der Waals surface area contributed by atoms with E-state index >= 15 is 0 Å². The number of carbonyl (C=O) groups is 1. The van der Waals surface area contributed by atoms with Crippen LogP contribution in [0.25, 0.3) is 5.69 Å². The molecule has 2 aromatic carbocycles. The van der Waals surface area contributed by atoms with E-state index in [0.717, 1.165) is 43.4 Å². The highest BCUT2D eigenvalue weighted by atomic mass is 35.5. The van der Waals surface area contributed by atoms with Crippen molar-refractivity contribution < 1.29 is 9.69 Å².